The molecule has 0 amide bonds. The summed E-state index contributed by atoms with van der Waals surface area (Å²) in [6.07, 6.45) is 0. The highest BCUT2D eigenvalue weighted by Crippen LogP contribution is 2.29. The fraction of sp³-hybridized carbons (Fsp3) is 0.154. The van der Waals surface area contributed by atoms with Gasteiger partial charge in [-0.2, -0.15) is 5.10 Å². The average Bonchev–Trinajstić information content (AvgIpc) is 2.36. The lowest BCUT2D eigenvalue weighted by Crippen LogP contribution is -2.17. The number of thiocarbonyl (C=S) groups is 1. The maximum absolute atomic E-state index is 6.12. The predicted molar refractivity (Wildman–Crippen MR) is 87.1 cm³/mol. The van der Waals surface area contributed by atoms with Crippen LogP contribution in [0.15, 0.2) is 18.2 Å². The highest BCUT2D eigenvalue weighted by Gasteiger charge is 2.14. The number of hydrogen-bond acceptors (Lipinski definition) is 4. The van der Waals surface area contributed by atoms with Gasteiger partial charge < -0.3 is 11.1 Å². The van der Waals surface area contributed by atoms with Gasteiger partial charge in [0.2, 0.25) is 0 Å². The first-order valence-corrected chi connectivity index (χ1v) is 6.92. The average molecular weight is 327 g/mol. The van der Waals surface area contributed by atoms with E-state index in [-0.39, 0.29) is 4.99 Å². The van der Waals surface area contributed by atoms with Crippen LogP contribution in [0.25, 0.3) is 0 Å². The molecule has 0 aliphatic heterocycles. The standard InChI is InChI=1S/C13H12Cl2N4S/c1-6-7(2)18-19-13(11(6)12(16)20)17-10-4-3-8(14)5-9(10)15/h3-5H,1-2H3,(H2,16,20)(H,17,19). The number of anilines is 2. The molecule has 0 saturated heterocycles. The molecule has 2 rings (SSSR count). The van der Waals surface area contributed by atoms with E-state index in [2.05, 4.69) is 15.5 Å². The number of rotatable bonds is 3. The Morgan fingerprint density at radius 2 is 1.95 bits per heavy atom. The molecular formula is C13H12Cl2N4S. The maximum atomic E-state index is 6.12. The van der Waals surface area contributed by atoms with Crippen molar-refractivity contribution in [3.8, 4) is 0 Å². The van der Waals surface area contributed by atoms with Crippen LogP contribution in [0.5, 0.6) is 0 Å². The second-order valence-electron chi connectivity index (χ2n) is 4.25. The van der Waals surface area contributed by atoms with E-state index >= 15 is 0 Å². The zero-order valence-corrected chi connectivity index (χ0v) is 13.2. The fourth-order valence-corrected chi connectivity index (χ4v) is 2.42. The lowest BCUT2D eigenvalue weighted by molar-refractivity contribution is 0.963. The molecule has 0 spiro atoms. The van der Waals surface area contributed by atoms with E-state index in [9.17, 15) is 0 Å². The van der Waals surface area contributed by atoms with Crippen molar-refractivity contribution in [2.45, 2.75) is 13.8 Å². The predicted octanol–water partition coefficient (Wildman–Crippen LogP) is 3.78. The van der Waals surface area contributed by atoms with E-state index in [1.807, 2.05) is 13.8 Å². The second-order valence-corrected chi connectivity index (χ2v) is 5.53. The van der Waals surface area contributed by atoms with Gasteiger partial charge in [-0.15, -0.1) is 5.10 Å². The normalized spacial score (nSPS) is 10.4. The van der Waals surface area contributed by atoms with E-state index in [4.69, 9.17) is 41.2 Å². The van der Waals surface area contributed by atoms with Crippen LogP contribution in [-0.4, -0.2) is 15.2 Å². The third kappa shape index (κ3) is 3.00. The Morgan fingerprint density at radius 1 is 1.25 bits per heavy atom. The minimum Gasteiger partial charge on any atom is -0.389 e. The Morgan fingerprint density at radius 3 is 2.55 bits per heavy atom. The molecule has 0 bridgehead atoms. The number of halogens is 2. The van der Waals surface area contributed by atoms with Crippen molar-refractivity contribution >= 4 is 51.9 Å². The summed E-state index contributed by atoms with van der Waals surface area (Å²) in [6.45, 7) is 3.75. The number of aryl methyl sites for hydroxylation is 1. The molecule has 2 aromatic rings. The van der Waals surface area contributed by atoms with E-state index in [0.717, 1.165) is 11.3 Å². The van der Waals surface area contributed by atoms with Crippen molar-refractivity contribution in [1.82, 2.24) is 10.2 Å². The van der Waals surface area contributed by atoms with E-state index in [0.29, 0.717) is 27.1 Å². The van der Waals surface area contributed by atoms with Crippen molar-refractivity contribution in [3.63, 3.8) is 0 Å². The SMILES string of the molecule is Cc1nnc(Nc2ccc(Cl)cc2Cl)c(C(N)=S)c1C. The molecular weight excluding hydrogens is 315 g/mol. The third-order valence-corrected chi connectivity index (χ3v) is 3.64. The Hall–Kier alpha value is -1.43. The molecule has 1 heterocycles. The molecule has 0 aliphatic rings. The zero-order chi connectivity index (χ0) is 14.9. The largest absolute Gasteiger partial charge is 0.389 e. The topological polar surface area (TPSA) is 63.8 Å². The first-order valence-electron chi connectivity index (χ1n) is 5.76. The molecule has 0 atom stereocenters. The minimum absolute atomic E-state index is 0.257. The molecule has 20 heavy (non-hydrogen) atoms. The summed E-state index contributed by atoms with van der Waals surface area (Å²) < 4.78 is 0. The van der Waals surface area contributed by atoms with Gasteiger partial charge in [0, 0.05) is 5.02 Å². The van der Waals surface area contributed by atoms with Crippen LogP contribution in [0.4, 0.5) is 11.5 Å². The molecule has 7 heteroatoms. The molecule has 0 aliphatic carbocycles. The number of nitrogens with zero attached hydrogens (tertiary/aromatic N) is 2. The summed E-state index contributed by atoms with van der Waals surface area (Å²) in [4.78, 5) is 0.257. The zero-order valence-electron chi connectivity index (χ0n) is 10.9. The van der Waals surface area contributed by atoms with Crippen LogP contribution in [0.2, 0.25) is 10.0 Å². The summed E-state index contributed by atoms with van der Waals surface area (Å²) in [5, 5.41) is 12.3. The quantitative estimate of drug-likeness (QED) is 0.840. The Kier molecular flexibility index (Phi) is 4.42. The van der Waals surface area contributed by atoms with E-state index in [1.165, 1.54) is 0 Å². The van der Waals surface area contributed by atoms with Gasteiger partial charge in [0.25, 0.3) is 0 Å². The van der Waals surface area contributed by atoms with Crippen molar-refractivity contribution in [1.29, 1.82) is 0 Å². The molecule has 1 aromatic heterocycles. The van der Waals surface area contributed by atoms with Gasteiger partial charge in [0.1, 0.15) is 4.99 Å². The van der Waals surface area contributed by atoms with Crippen molar-refractivity contribution < 1.29 is 0 Å². The van der Waals surface area contributed by atoms with Crippen LogP contribution in [0.1, 0.15) is 16.8 Å². The number of nitrogens with one attached hydrogen (secondary N) is 1. The molecule has 3 N–H and O–H groups in total. The molecule has 104 valence electrons. The van der Waals surface area contributed by atoms with Gasteiger partial charge in [-0.05, 0) is 37.6 Å². The van der Waals surface area contributed by atoms with Gasteiger partial charge in [-0.1, -0.05) is 35.4 Å². The number of benzene rings is 1. The monoisotopic (exact) mass is 326 g/mol. The Bertz CT molecular complexity index is 688. The Labute approximate surface area is 132 Å². The first-order chi connectivity index (χ1) is 9.40. The lowest BCUT2D eigenvalue weighted by Gasteiger charge is -2.14. The van der Waals surface area contributed by atoms with Crippen LogP contribution < -0.4 is 11.1 Å². The molecule has 0 unspecified atom stereocenters. The van der Waals surface area contributed by atoms with Gasteiger partial charge in [0.15, 0.2) is 5.82 Å². The van der Waals surface area contributed by atoms with Crippen molar-refractivity contribution in [2.24, 2.45) is 5.73 Å². The van der Waals surface area contributed by atoms with Crippen LogP contribution in [0, 0.1) is 13.8 Å². The van der Waals surface area contributed by atoms with Crippen LogP contribution >= 0.6 is 35.4 Å². The van der Waals surface area contributed by atoms with Gasteiger partial charge in [-0.3, -0.25) is 0 Å². The highest BCUT2D eigenvalue weighted by atomic mass is 35.5. The summed E-state index contributed by atoms with van der Waals surface area (Å²) in [7, 11) is 0. The molecule has 1 aromatic carbocycles. The molecule has 4 nitrogen and oxygen atoms in total. The molecule has 0 saturated carbocycles. The highest BCUT2D eigenvalue weighted by molar-refractivity contribution is 7.80. The lowest BCUT2D eigenvalue weighted by atomic mass is 10.1. The third-order valence-electron chi connectivity index (χ3n) is 2.89. The van der Waals surface area contributed by atoms with E-state index in [1.54, 1.807) is 18.2 Å². The fourth-order valence-electron chi connectivity index (χ4n) is 1.72. The molecule has 0 fully saturated rings. The van der Waals surface area contributed by atoms with Crippen molar-refractivity contribution in [2.75, 3.05) is 5.32 Å². The maximum Gasteiger partial charge on any atom is 0.163 e. The van der Waals surface area contributed by atoms with Crippen molar-refractivity contribution in [3.05, 3.63) is 45.1 Å². The van der Waals surface area contributed by atoms with E-state index < -0.39 is 0 Å². The summed E-state index contributed by atoms with van der Waals surface area (Å²) in [6, 6.07) is 5.12. The van der Waals surface area contributed by atoms with Crippen LogP contribution in [-0.2, 0) is 0 Å². The first kappa shape index (κ1) is 15.0. The second kappa shape index (κ2) is 5.91. The smallest absolute Gasteiger partial charge is 0.163 e. The number of nitrogens with two attached hydrogens (primary N) is 1. The van der Waals surface area contributed by atoms with Gasteiger partial charge in [-0.25, -0.2) is 0 Å². The summed E-state index contributed by atoms with van der Waals surface area (Å²) in [5.41, 5.74) is 8.76. The van der Waals surface area contributed by atoms with Gasteiger partial charge in [0.05, 0.1) is 22.0 Å². The Balaban J connectivity index is 2.48. The summed E-state index contributed by atoms with van der Waals surface area (Å²) in [5.74, 6) is 0.477. The minimum atomic E-state index is 0.257. The molecule has 0 radical (unpaired) electrons. The number of aromatic nitrogens is 2. The van der Waals surface area contributed by atoms with Crippen LogP contribution in [0.3, 0.4) is 0 Å². The van der Waals surface area contributed by atoms with Gasteiger partial charge >= 0.3 is 0 Å². The number of hydrogen-bond donors (Lipinski definition) is 2. The summed E-state index contributed by atoms with van der Waals surface area (Å²) >= 11 is 17.1.